The van der Waals surface area contributed by atoms with E-state index >= 15 is 0 Å². The second-order valence-corrected chi connectivity index (χ2v) is 9.87. The molecule has 4 atom stereocenters. The summed E-state index contributed by atoms with van der Waals surface area (Å²) >= 11 is 0. The zero-order chi connectivity index (χ0) is 27.3. The molecule has 1 saturated heterocycles. The molecule has 5 N–H and O–H groups in total. The molecule has 204 valence electrons. The summed E-state index contributed by atoms with van der Waals surface area (Å²) in [5.41, 5.74) is 9.07. The van der Waals surface area contributed by atoms with Crippen LogP contribution >= 0.6 is 0 Å². The van der Waals surface area contributed by atoms with Crippen LogP contribution in [0.2, 0.25) is 0 Å². The van der Waals surface area contributed by atoms with Crippen LogP contribution in [0, 0.1) is 0 Å². The Hall–Kier alpha value is -3.87. The van der Waals surface area contributed by atoms with Crippen LogP contribution in [0.3, 0.4) is 0 Å². The number of fused-ring (bicyclic) bond motifs is 2. The number of nitrogen functional groups attached to an aromatic ring is 1. The first-order valence-electron chi connectivity index (χ1n) is 12.7. The first-order chi connectivity index (χ1) is 18.7. The van der Waals surface area contributed by atoms with Gasteiger partial charge in [0, 0.05) is 36.9 Å². The van der Waals surface area contributed by atoms with Gasteiger partial charge in [-0.05, 0) is 42.3 Å². The number of aliphatic hydroxyl groups excluding tert-OH is 2. The maximum atomic E-state index is 13.8. The van der Waals surface area contributed by atoms with Crippen molar-refractivity contribution in [2.24, 2.45) is 0 Å². The molecular formula is C27H28F2N6O4. The Morgan fingerprint density at radius 3 is 2.79 bits per heavy atom. The molecule has 0 radical (unpaired) electrons. The predicted molar refractivity (Wildman–Crippen MR) is 141 cm³/mol. The quantitative estimate of drug-likeness (QED) is 0.291. The SMILES string of the molecule is CNc1ccc2ccc(OC[C@H]3O[C@@H](c4cc(C5=CCC(F)(F)CC5)c5c(N)ncnn45)[C@H](O)[C@@H]3O)cc2n1. The smallest absolute Gasteiger partial charge is 0.251 e. The van der Waals surface area contributed by atoms with Gasteiger partial charge in [0.1, 0.15) is 54.4 Å². The van der Waals surface area contributed by atoms with Gasteiger partial charge in [-0.15, -0.1) is 0 Å². The highest BCUT2D eigenvalue weighted by Crippen LogP contribution is 2.42. The van der Waals surface area contributed by atoms with E-state index < -0.39 is 30.3 Å². The van der Waals surface area contributed by atoms with E-state index in [4.69, 9.17) is 15.2 Å². The molecule has 6 rings (SSSR count). The van der Waals surface area contributed by atoms with Crippen LogP contribution in [0.5, 0.6) is 5.75 Å². The van der Waals surface area contributed by atoms with Crippen molar-refractivity contribution in [3.05, 3.63) is 60.1 Å². The van der Waals surface area contributed by atoms with E-state index in [1.165, 1.54) is 16.9 Å². The number of allylic oxidation sites excluding steroid dienone is 2. The van der Waals surface area contributed by atoms with Crippen molar-refractivity contribution >= 4 is 33.6 Å². The van der Waals surface area contributed by atoms with Crippen molar-refractivity contribution in [2.45, 2.75) is 49.6 Å². The number of aliphatic hydroxyl groups is 2. The Balaban J connectivity index is 1.26. The van der Waals surface area contributed by atoms with Crippen molar-refractivity contribution < 1.29 is 28.5 Å². The summed E-state index contributed by atoms with van der Waals surface area (Å²) in [6.45, 7) is -0.0283. The number of anilines is 2. The van der Waals surface area contributed by atoms with Crippen LogP contribution in [0.25, 0.3) is 22.0 Å². The third-order valence-corrected chi connectivity index (χ3v) is 7.35. The van der Waals surface area contributed by atoms with Gasteiger partial charge in [-0.2, -0.15) is 5.10 Å². The van der Waals surface area contributed by atoms with E-state index in [-0.39, 0.29) is 31.7 Å². The van der Waals surface area contributed by atoms with Gasteiger partial charge >= 0.3 is 0 Å². The zero-order valence-corrected chi connectivity index (χ0v) is 21.1. The van der Waals surface area contributed by atoms with Crippen molar-refractivity contribution in [1.29, 1.82) is 0 Å². The number of nitrogens with zero attached hydrogens (tertiary/aromatic N) is 4. The van der Waals surface area contributed by atoms with Crippen LogP contribution in [0.4, 0.5) is 20.4 Å². The molecule has 1 fully saturated rings. The standard InChI is InChI=1S/C27H28F2N6O4/c1-31-21-5-3-15-2-4-16(10-18(15)34-21)38-12-20-23(36)24(37)25(39-20)19-11-17(14-6-8-27(28,29)9-7-14)22-26(30)32-13-33-35(19)22/h2-6,10-11,13,20,23-25,36-37H,7-9,12H2,1H3,(H,31,34)(H2,30,32,33)/t20-,23-,24-,25+/m1/s1. The van der Waals surface area contributed by atoms with E-state index in [1.807, 2.05) is 18.2 Å². The summed E-state index contributed by atoms with van der Waals surface area (Å²) in [6, 6.07) is 11.0. The Morgan fingerprint density at radius 1 is 1.21 bits per heavy atom. The minimum Gasteiger partial charge on any atom is -0.491 e. The molecule has 4 heterocycles. The maximum absolute atomic E-state index is 13.8. The third-order valence-electron chi connectivity index (χ3n) is 7.35. The van der Waals surface area contributed by atoms with Crippen LogP contribution in [-0.2, 0) is 4.74 Å². The largest absolute Gasteiger partial charge is 0.491 e. The van der Waals surface area contributed by atoms with Gasteiger partial charge in [0.25, 0.3) is 5.92 Å². The molecule has 10 nitrogen and oxygen atoms in total. The van der Waals surface area contributed by atoms with Crippen molar-refractivity contribution in [1.82, 2.24) is 19.6 Å². The number of nitrogens with two attached hydrogens (primary N) is 1. The number of pyridine rings is 1. The van der Waals surface area contributed by atoms with E-state index in [9.17, 15) is 19.0 Å². The number of ether oxygens (including phenoxy) is 2. The molecule has 2 aliphatic rings. The van der Waals surface area contributed by atoms with Gasteiger partial charge in [-0.25, -0.2) is 23.3 Å². The molecule has 0 spiro atoms. The van der Waals surface area contributed by atoms with Gasteiger partial charge in [0.05, 0.1) is 11.2 Å². The highest BCUT2D eigenvalue weighted by molar-refractivity contribution is 5.86. The molecule has 1 aromatic carbocycles. The first-order valence-corrected chi connectivity index (χ1v) is 12.7. The Bertz CT molecular complexity index is 1570. The Morgan fingerprint density at radius 2 is 2.03 bits per heavy atom. The summed E-state index contributed by atoms with van der Waals surface area (Å²) in [6.07, 6.45) is -2.07. The lowest BCUT2D eigenvalue weighted by molar-refractivity contribution is -0.0187. The summed E-state index contributed by atoms with van der Waals surface area (Å²) in [7, 11) is 1.79. The molecule has 3 aromatic heterocycles. The summed E-state index contributed by atoms with van der Waals surface area (Å²) in [5, 5.41) is 30.0. The second kappa shape index (κ2) is 9.70. The molecular weight excluding hydrogens is 510 g/mol. The minimum atomic E-state index is -2.75. The summed E-state index contributed by atoms with van der Waals surface area (Å²) < 4.78 is 41.1. The number of benzene rings is 1. The van der Waals surface area contributed by atoms with Gasteiger partial charge in [-0.3, -0.25) is 0 Å². The summed E-state index contributed by atoms with van der Waals surface area (Å²) in [4.78, 5) is 8.58. The lowest BCUT2D eigenvalue weighted by atomic mass is 9.91. The molecule has 0 bridgehead atoms. The number of rotatable bonds is 6. The summed E-state index contributed by atoms with van der Waals surface area (Å²) in [5.74, 6) is -1.32. The lowest BCUT2D eigenvalue weighted by Crippen LogP contribution is -2.34. The number of hydrogen-bond acceptors (Lipinski definition) is 9. The number of hydrogen-bond donors (Lipinski definition) is 4. The molecule has 1 aliphatic carbocycles. The maximum Gasteiger partial charge on any atom is 0.251 e. The monoisotopic (exact) mass is 538 g/mol. The second-order valence-electron chi connectivity index (χ2n) is 9.87. The Kier molecular flexibility index (Phi) is 6.32. The molecule has 1 aliphatic heterocycles. The molecule has 4 aromatic rings. The van der Waals surface area contributed by atoms with E-state index in [0.29, 0.717) is 28.1 Å². The van der Waals surface area contributed by atoms with Crippen molar-refractivity contribution in [2.75, 3.05) is 24.7 Å². The van der Waals surface area contributed by atoms with Crippen molar-refractivity contribution in [3.63, 3.8) is 0 Å². The molecule has 0 saturated carbocycles. The van der Waals surface area contributed by atoms with Crippen LogP contribution < -0.4 is 15.8 Å². The van der Waals surface area contributed by atoms with E-state index in [2.05, 4.69) is 20.4 Å². The number of aromatic nitrogens is 4. The fraction of sp³-hybridized carbons (Fsp3) is 0.370. The highest BCUT2D eigenvalue weighted by Gasteiger charge is 2.45. The van der Waals surface area contributed by atoms with Crippen molar-refractivity contribution in [3.8, 4) is 5.75 Å². The topological polar surface area (TPSA) is 140 Å². The molecule has 0 amide bonds. The molecule has 39 heavy (non-hydrogen) atoms. The average molecular weight is 539 g/mol. The minimum absolute atomic E-state index is 0.0283. The molecule has 0 unspecified atom stereocenters. The van der Waals surface area contributed by atoms with Crippen LogP contribution in [0.15, 0.2) is 48.8 Å². The highest BCUT2D eigenvalue weighted by atomic mass is 19.3. The van der Waals surface area contributed by atoms with Gasteiger partial charge in [0.15, 0.2) is 5.82 Å². The van der Waals surface area contributed by atoms with E-state index in [1.54, 1.807) is 25.2 Å². The number of halogens is 2. The first kappa shape index (κ1) is 25.4. The van der Waals surface area contributed by atoms with Crippen LogP contribution in [-0.4, -0.2) is 67.7 Å². The number of nitrogens with one attached hydrogen (secondary N) is 1. The average Bonchev–Trinajstić information content (AvgIpc) is 3.45. The van der Waals surface area contributed by atoms with Crippen LogP contribution in [0.1, 0.15) is 36.6 Å². The fourth-order valence-electron chi connectivity index (χ4n) is 5.21. The van der Waals surface area contributed by atoms with Gasteiger partial charge in [-0.1, -0.05) is 6.08 Å². The van der Waals surface area contributed by atoms with E-state index in [0.717, 1.165) is 16.7 Å². The lowest BCUT2D eigenvalue weighted by Gasteiger charge is -2.21. The third kappa shape index (κ3) is 4.64. The normalized spacial score (nSPS) is 24.7. The van der Waals surface area contributed by atoms with Gasteiger partial charge < -0.3 is 30.7 Å². The predicted octanol–water partition coefficient (Wildman–Crippen LogP) is 3.34. The van der Waals surface area contributed by atoms with Gasteiger partial charge in [0.2, 0.25) is 0 Å². The zero-order valence-electron chi connectivity index (χ0n) is 21.1. The molecule has 12 heteroatoms. The number of alkyl halides is 2. The fourth-order valence-corrected chi connectivity index (χ4v) is 5.21. The Labute approximate surface area is 222 Å².